The van der Waals surface area contributed by atoms with Gasteiger partial charge >= 0.3 is 5.97 Å². The number of ether oxygens (including phenoxy) is 2. The number of esters is 1. The molecule has 9 heteroatoms. The van der Waals surface area contributed by atoms with Gasteiger partial charge in [0.2, 0.25) is 11.1 Å². The van der Waals surface area contributed by atoms with Crippen molar-refractivity contribution in [3.05, 3.63) is 113 Å². The van der Waals surface area contributed by atoms with Crippen molar-refractivity contribution in [3.63, 3.8) is 0 Å². The highest BCUT2D eigenvalue weighted by molar-refractivity contribution is 7.98. The van der Waals surface area contributed by atoms with Gasteiger partial charge in [-0.3, -0.25) is 0 Å². The monoisotopic (exact) mass is 544 g/mol. The second-order valence-corrected chi connectivity index (χ2v) is 10.3. The van der Waals surface area contributed by atoms with Crippen LogP contribution in [0.25, 0.3) is 0 Å². The summed E-state index contributed by atoms with van der Waals surface area (Å²) < 4.78 is 27.4. The Morgan fingerprint density at radius 3 is 2.49 bits per heavy atom. The van der Waals surface area contributed by atoms with Crippen molar-refractivity contribution in [1.29, 1.82) is 0 Å². The smallest absolute Gasteiger partial charge is 0.338 e. The van der Waals surface area contributed by atoms with Crippen LogP contribution in [0.4, 0.5) is 10.3 Å². The number of anilines is 1. The molecule has 2 heterocycles. The van der Waals surface area contributed by atoms with Gasteiger partial charge in [0.05, 0.1) is 11.7 Å². The largest absolute Gasteiger partial charge is 0.491 e. The first-order valence-corrected chi connectivity index (χ1v) is 13.7. The molecule has 39 heavy (non-hydrogen) atoms. The molecule has 0 saturated carbocycles. The van der Waals surface area contributed by atoms with Crippen LogP contribution in [0.3, 0.4) is 0 Å². The van der Waals surface area contributed by atoms with E-state index in [4.69, 9.17) is 14.6 Å². The molecule has 0 fully saturated rings. The molecule has 0 spiro atoms. The maximum atomic E-state index is 14.2. The predicted molar refractivity (Wildman–Crippen MR) is 149 cm³/mol. The zero-order chi connectivity index (χ0) is 27.4. The predicted octanol–water partition coefficient (Wildman–Crippen LogP) is 6.53. The number of rotatable bonds is 9. The fraction of sp³-hybridized carbons (Fsp3) is 0.233. The number of fused-ring (bicyclic) bond motifs is 1. The van der Waals surface area contributed by atoms with Crippen molar-refractivity contribution in [2.75, 3.05) is 5.32 Å². The standard InChI is InChI=1S/C30H29FN4O3S/c1-19(2)38-24-15-13-22(14-16-24)27-26(28(36)37-17-21-9-5-4-6-10-21)20(3)32-29-33-30(34-35(27)29)39-18-23-11-7-8-12-25(23)31/h4-16,19,27H,17-18H2,1-3H3,(H,32,33,34). The fourth-order valence-corrected chi connectivity index (χ4v) is 5.14. The number of nitrogens with one attached hydrogen (secondary N) is 1. The Morgan fingerprint density at radius 1 is 1.05 bits per heavy atom. The minimum absolute atomic E-state index is 0.0383. The Morgan fingerprint density at radius 2 is 1.77 bits per heavy atom. The number of nitrogens with zero attached hydrogens (tertiary/aromatic N) is 3. The van der Waals surface area contributed by atoms with Gasteiger partial charge in [-0.15, -0.1) is 5.10 Å². The molecule has 0 aliphatic carbocycles. The number of hydrogen-bond acceptors (Lipinski definition) is 7. The quantitative estimate of drug-likeness (QED) is 0.190. The van der Waals surface area contributed by atoms with Gasteiger partial charge in [-0.2, -0.15) is 4.98 Å². The maximum absolute atomic E-state index is 14.2. The molecule has 7 nitrogen and oxygen atoms in total. The lowest BCUT2D eigenvalue weighted by Crippen LogP contribution is -2.29. The first-order valence-electron chi connectivity index (χ1n) is 12.7. The van der Waals surface area contributed by atoms with Gasteiger partial charge in [-0.1, -0.05) is 72.4 Å². The molecule has 1 N–H and O–H groups in total. The number of carbonyl (C=O) groups is 1. The third-order valence-corrected chi connectivity index (χ3v) is 7.03. The highest BCUT2D eigenvalue weighted by Crippen LogP contribution is 2.37. The van der Waals surface area contributed by atoms with Gasteiger partial charge in [0.1, 0.15) is 24.2 Å². The van der Waals surface area contributed by atoms with E-state index in [0.29, 0.717) is 33.7 Å². The normalized spacial score (nSPS) is 14.6. The molecule has 0 saturated heterocycles. The number of thioether (sulfide) groups is 1. The molecular weight excluding hydrogens is 515 g/mol. The summed E-state index contributed by atoms with van der Waals surface area (Å²) in [6, 6.07) is 23.2. The third kappa shape index (κ3) is 6.15. The second kappa shape index (κ2) is 11.7. The zero-order valence-corrected chi connectivity index (χ0v) is 22.7. The highest BCUT2D eigenvalue weighted by Gasteiger charge is 2.35. The molecule has 1 aliphatic heterocycles. The van der Waals surface area contributed by atoms with E-state index in [-0.39, 0.29) is 18.5 Å². The molecule has 4 aromatic rings. The number of carbonyl (C=O) groups excluding carboxylic acids is 1. The third-order valence-electron chi connectivity index (χ3n) is 6.15. The van der Waals surface area contributed by atoms with E-state index in [1.165, 1.54) is 17.8 Å². The molecule has 1 unspecified atom stereocenters. The van der Waals surface area contributed by atoms with Crippen LogP contribution in [0, 0.1) is 5.82 Å². The molecule has 0 bridgehead atoms. The summed E-state index contributed by atoms with van der Waals surface area (Å²) in [5.41, 5.74) is 3.36. The van der Waals surface area contributed by atoms with E-state index >= 15 is 0 Å². The van der Waals surface area contributed by atoms with Crippen LogP contribution in [0.1, 0.15) is 43.5 Å². The highest BCUT2D eigenvalue weighted by atomic mass is 32.2. The lowest BCUT2D eigenvalue weighted by molar-refractivity contribution is -0.140. The average Bonchev–Trinajstić information content (AvgIpc) is 3.33. The minimum Gasteiger partial charge on any atom is -0.491 e. The van der Waals surface area contributed by atoms with Crippen LogP contribution in [0.5, 0.6) is 5.75 Å². The van der Waals surface area contributed by atoms with Gasteiger partial charge in [-0.25, -0.2) is 13.9 Å². The topological polar surface area (TPSA) is 78.3 Å². The van der Waals surface area contributed by atoms with Crippen molar-refractivity contribution in [2.24, 2.45) is 0 Å². The lowest BCUT2D eigenvalue weighted by atomic mass is 9.95. The zero-order valence-electron chi connectivity index (χ0n) is 21.9. The molecule has 5 rings (SSSR count). The summed E-state index contributed by atoms with van der Waals surface area (Å²) in [5.74, 6) is 0.889. The van der Waals surface area contributed by atoms with E-state index < -0.39 is 12.0 Å². The summed E-state index contributed by atoms with van der Waals surface area (Å²) in [5, 5.41) is 8.40. The van der Waals surface area contributed by atoms with E-state index in [9.17, 15) is 9.18 Å². The number of allylic oxidation sites excluding steroid dienone is 1. The van der Waals surface area contributed by atoms with E-state index in [1.54, 1.807) is 22.9 Å². The van der Waals surface area contributed by atoms with E-state index in [0.717, 1.165) is 16.9 Å². The van der Waals surface area contributed by atoms with Crippen LogP contribution < -0.4 is 10.1 Å². The Bertz CT molecular complexity index is 1490. The SMILES string of the molecule is CC1=C(C(=O)OCc2ccccc2)C(c2ccc(OC(C)C)cc2)n2nc(SCc3ccccc3F)nc2N1. The number of aromatic nitrogens is 3. The Balaban J connectivity index is 1.45. The van der Waals surface area contributed by atoms with Crippen molar-refractivity contribution < 1.29 is 18.7 Å². The Hall–Kier alpha value is -4.11. The van der Waals surface area contributed by atoms with Crippen LogP contribution in [0.15, 0.2) is 95.3 Å². The summed E-state index contributed by atoms with van der Waals surface area (Å²) >= 11 is 1.33. The summed E-state index contributed by atoms with van der Waals surface area (Å²) in [6.45, 7) is 5.91. The lowest BCUT2D eigenvalue weighted by Gasteiger charge is -2.28. The fourth-order valence-electron chi connectivity index (χ4n) is 4.32. The summed E-state index contributed by atoms with van der Waals surface area (Å²) in [7, 11) is 0. The molecule has 0 amide bonds. The van der Waals surface area contributed by atoms with Crippen LogP contribution in [0.2, 0.25) is 0 Å². The summed E-state index contributed by atoms with van der Waals surface area (Å²) in [4.78, 5) is 18.1. The van der Waals surface area contributed by atoms with Crippen molar-refractivity contribution in [3.8, 4) is 5.75 Å². The summed E-state index contributed by atoms with van der Waals surface area (Å²) in [6.07, 6.45) is 0.0383. The van der Waals surface area contributed by atoms with E-state index in [1.807, 2.05) is 75.4 Å². The van der Waals surface area contributed by atoms with E-state index in [2.05, 4.69) is 10.3 Å². The van der Waals surface area contributed by atoms with Crippen molar-refractivity contribution in [1.82, 2.24) is 14.8 Å². The Labute approximate surface area is 231 Å². The number of hydrogen-bond donors (Lipinski definition) is 1. The molecule has 0 radical (unpaired) electrons. The molecule has 3 aromatic carbocycles. The van der Waals surface area contributed by atoms with Gasteiger partial charge < -0.3 is 14.8 Å². The average molecular weight is 545 g/mol. The molecule has 200 valence electrons. The number of benzene rings is 3. The van der Waals surface area contributed by atoms with Crippen molar-refractivity contribution in [2.45, 2.75) is 50.4 Å². The van der Waals surface area contributed by atoms with Gasteiger partial charge in [-0.05, 0) is 55.7 Å². The van der Waals surface area contributed by atoms with Gasteiger partial charge in [0.25, 0.3) is 0 Å². The second-order valence-electron chi connectivity index (χ2n) is 9.41. The van der Waals surface area contributed by atoms with Gasteiger partial charge in [0, 0.05) is 11.4 Å². The van der Waals surface area contributed by atoms with Crippen molar-refractivity contribution >= 4 is 23.7 Å². The van der Waals surface area contributed by atoms with Crippen LogP contribution in [-0.2, 0) is 21.9 Å². The molecular formula is C30H29FN4O3S. The first kappa shape index (κ1) is 26.5. The Kier molecular flexibility index (Phi) is 7.97. The number of halogens is 1. The maximum Gasteiger partial charge on any atom is 0.338 e. The molecule has 1 atom stereocenters. The molecule has 1 aliphatic rings. The molecule has 1 aromatic heterocycles. The van der Waals surface area contributed by atoms with Crippen LogP contribution >= 0.6 is 11.8 Å². The first-order chi connectivity index (χ1) is 18.9. The van der Waals surface area contributed by atoms with Crippen LogP contribution in [-0.4, -0.2) is 26.8 Å². The minimum atomic E-state index is -0.576. The van der Waals surface area contributed by atoms with Gasteiger partial charge in [0.15, 0.2) is 0 Å².